The minimum absolute atomic E-state index is 0.0993. The van der Waals surface area contributed by atoms with Gasteiger partial charge in [-0.1, -0.05) is 30.3 Å². The summed E-state index contributed by atoms with van der Waals surface area (Å²) in [4.78, 5) is 12.0. The first kappa shape index (κ1) is 16.6. The Morgan fingerprint density at radius 3 is 2.52 bits per heavy atom. The van der Waals surface area contributed by atoms with Crippen LogP contribution in [-0.2, 0) is 0 Å². The van der Waals surface area contributed by atoms with Crippen molar-refractivity contribution in [2.75, 3.05) is 26.1 Å². The predicted molar refractivity (Wildman–Crippen MR) is 88.0 cm³/mol. The van der Waals surface area contributed by atoms with E-state index >= 15 is 0 Å². The van der Waals surface area contributed by atoms with E-state index in [1.807, 2.05) is 18.2 Å². The van der Waals surface area contributed by atoms with Crippen molar-refractivity contribution < 1.29 is 19.4 Å². The fourth-order valence-electron chi connectivity index (χ4n) is 2.06. The summed E-state index contributed by atoms with van der Waals surface area (Å²) in [6.07, 6.45) is -0.769. The first-order chi connectivity index (χ1) is 11.1. The number of aliphatic hydroxyl groups excluding tert-OH is 1. The maximum absolute atomic E-state index is 12.0. The van der Waals surface area contributed by atoms with E-state index in [4.69, 9.17) is 9.47 Å². The van der Waals surface area contributed by atoms with Crippen LogP contribution in [0.3, 0.4) is 0 Å². The Labute approximate surface area is 135 Å². The molecule has 0 bridgehead atoms. The van der Waals surface area contributed by atoms with Gasteiger partial charge in [-0.3, -0.25) is 0 Å². The number of carbonyl (C=O) groups is 1. The highest BCUT2D eigenvalue weighted by atomic mass is 16.5. The largest absolute Gasteiger partial charge is 0.497 e. The van der Waals surface area contributed by atoms with Gasteiger partial charge in [0, 0.05) is 12.6 Å². The maximum Gasteiger partial charge on any atom is 0.319 e. The van der Waals surface area contributed by atoms with Crippen LogP contribution in [0.5, 0.6) is 11.5 Å². The van der Waals surface area contributed by atoms with Gasteiger partial charge in [0.25, 0.3) is 0 Å². The van der Waals surface area contributed by atoms with E-state index in [0.29, 0.717) is 17.2 Å². The number of amides is 2. The molecule has 2 aromatic rings. The van der Waals surface area contributed by atoms with Crippen LogP contribution in [-0.4, -0.2) is 31.9 Å². The zero-order valence-corrected chi connectivity index (χ0v) is 13.1. The van der Waals surface area contributed by atoms with Gasteiger partial charge in [0.2, 0.25) is 0 Å². The van der Waals surface area contributed by atoms with Crippen LogP contribution in [0.1, 0.15) is 11.7 Å². The van der Waals surface area contributed by atoms with Crippen molar-refractivity contribution in [3.63, 3.8) is 0 Å². The van der Waals surface area contributed by atoms with Gasteiger partial charge in [-0.25, -0.2) is 4.79 Å². The fraction of sp³-hybridized carbons (Fsp3) is 0.235. The minimum Gasteiger partial charge on any atom is -0.497 e. The molecule has 122 valence electrons. The summed E-state index contributed by atoms with van der Waals surface area (Å²) in [6.45, 7) is 0.0993. The number of nitrogens with one attached hydrogen (secondary N) is 2. The van der Waals surface area contributed by atoms with Gasteiger partial charge in [-0.2, -0.15) is 0 Å². The van der Waals surface area contributed by atoms with E-state index in [2.05, 4.69) is 10.6 Å². The molecule has 0 saturated carbocycles. The normalized spacial score (nSPS) is 11.4. The molecule has 3 N–H and O–H groups in total. The van der Waals surface area contributed by atoms with Crippen LogP contribution >= 0.6 is 0 Å². The van der Waals surface area contributed by atoms with E-state index in [1.54, 1.807) is 37.4 Å². The van der Waals surface area contributed by atoms with E-state index in [1.165, 1.54) is 7.11 Å². The number of hydrogen-bond acceptors (Lipinski definition) is 4. The number of hydrogen-bond donors (Lipinski definition) is 3. The highest BCUT2D eigenvalue weighted by molar-refractivity contribution is 5.91. The summed E-state index contributed by atoms with van der Waals surface area (Å²) >= 11 is 0. The van der Waals surface area contributed by atoms with E-state index in [0.717, 1.165) is 5.56 Å². The molecule has 0 fully saturated rings. The van der Waals surface area contributed by atoms with E-state index in [9.17, 15) is 9.90 Å². The number of benzene rings is 2. The molecule has 6 heteroatoms. The smallest absolute Gasteiger partial charge is 0.319 e. The third kappa shape index (κ3) is 4.62. The lowest BCUT2D eigenvalue weighted by atomic mass is 10.1. The molecule has 0 aromatic heterocycles. The molecule has 6 nitrogen and oxygen atoms in total. The molecular formula is C17H20N2O4. The standard InChI is InChI=1S/C17H20N2O4/c1-22-13-8-9-16(23-2)14(10-13)19-17(21)18-11-15(20)12-6-4-3-5-7-12/h3-10,15,20H,11H2,1-2H3,(H2,18,19,21). The van der Waals surface area contributed by atoms with Crippen molar-refractivity contribution in [1.29, 1.82) is 0 Å². The summed E-state index contributed by atoms with van der Waals surface area (Å²) in [5.41, 5.74) is 1.23. The van der Waals surface area contributed by atoms with Crippen molar-refractivity contribution in [2.24, 2.45) is 0 Å². The first-order valence-electron chi connectivity index (χ1n) is 7.14. The van der Waals surface area contributed by atoms with Crippen molar-refractivity contribution in [1.82, 2.24) is 5.32 Å². The average Bonchev–Trinajstić information content (AvgIpc) is 2.60. The number of anilines is 1. The topological polar surface area (TPSA) is 79.8 Å². The lowest BCUT2D eigenvalue weighted by Crippen LogP contribution is -2.32. The molecule has 23 heavy (non-hydrogen) atoms. The van der Waals surface area contributed by atoms with E-state index in [-0.39, 0.29) is 6.54 Å². The van der Waals surface area contributed by atoms with Gasteiger partial charge < -0.3 is 25.2 Å². The number of carbonyl (C=O) groups excluding carboxylic acids is 1. The average molecular weight is 316 g/mol. The zero-order chi connectivity index (χ0) is 16.7. The summed E-state index contributed by atoms with van der Waals surface area (Å²) < 4.78 is 10.3. The Morgan fingerprint density at radius 1 is 1.13 bits per heavy atom. The number of urea groups is 1. The molecule has 1 unspecified atom stereocenters. The first-order valence-corrected chi connectivity index (χ1v) is 7.14. The molecule has 2 aromatic carbocycles. The molecule has 1 atom stereocenters. The molecule has 0 radical (unpaired) electrons. The summed E-state index contributed by atoms with van der Waals surface area (Å²) in [5.74, 6) is 1.12. The van der Waals surface area contributed by atoms with Crippen LogP contribution in [0, 0.1) is 0 Å². The number of aliphatic hydroxyl groups is 1. The van der Waals surface area contributed by atoms with Crippen molar-refractivity contribution in [2.45, 2.75) is 6.10 Å². The molecule has 0 spiro atoms. The molecule has 0 aliphatic heterocycles. The molecule has 0 heterocycles. The summed E-state index contributed by atoms with van der Waals surface area (Å²) in [5, 5.41) is 15.3. The SMILES string of the molecule is COc1ccc(OC)c(NC(=O)NCC(O)c2ccccc2)c1. The van der Waals surface area contributed by atoms with Crippen molar-refractivity contribution in [3.8, 4) is 11.5 Å². The second kappa shape index (κ2) is 8.05. The third-order valence-corrected chi connectivity index (χ3v) is 3.30. The van der Waals surface area contributed by atoms with Crippen molar-refractivity contribution in [3.05, 3.63) is 54.1 Å². The highest BCUT2D eigenvalue weighted by Crippen LogP contribution is 2.28. The Balaban J connectivity index is 1.94. The minimum atomic E-state index is -0.769. The lowest BCUT2D eigenvalue weighted by Gasteiger charge is -2.15. The van der Waals surface area contributed by atoms with Gasteiger partial charge >= 0.3 is 6.03 Å². The summed E-state index contributed by atoms with van der Waals surface area (Å²) in [7, 11) is 3.06. The van der Waals surface area contributed by atoms with Crippen LogP contribution in [0.25, 0.3) is 0 Å². The zero-order valence-electron chi connectivity index (χ0n) is 13.1. The summed E-state index contributed by atoms with van der Waals surface area (Å²) in [6, 6.07) is 13.8. The van der Waals surface area contributed by atoms with Crippen LogP contribution in [0.4, 0.5) is 10.5 Å². The monoisotopic (exact) mass is 316 g/mol. The second-order valence-corrected chi connectivity index (χ2v) is 4.83. The lowest BCUT2D eigenvalue weighted by molar-refractivity contribution is 0.175. The number of ether oxygens (including phenoxy) is 2. The molecule has 0 aliphatic carbocycles. The fourth-order valence-corrected chi connectivity index (χ4v) is 2.06. The number of rotatable bonds is 6. The van der Waals surface area contributed by atoms with Gasteiger partial charge in [-0.05, 0) is 17.7 Å². The van der Waals surface area contributed by atoms with Gasteiger partial charge in [0.1, 0.15) is 11.5 Å². The number of methoxy groups -OCH3 is 2. The highest BCUT2D eigenvalue weighted by Gasteiger charge is 2.11. The van der Waals surface area contributed by atoms with Crippen LogP contribution < -0.4 is 20.1 Å². The second-order valence-electron chi connectivity index (χ2n) is 4.83. The quantitative estimate of drug-likeness (QED) is 0.765. The third-order valence-electron chi connectivity index (χ3n) is 3.30. The maximum atomic E-state index is 12.0. The van der Waals surface area contributed by atoms with Crippen LogP contribution in [0.15, 0.2) is 48.5 Å². The van der Waals surface area contributed by atoms with Crippen molar-refractivity contribution >= 4 is 11.7 Å². The van der Waals surface area contributed by atoms with Crippen LogP contribution in [0.2, 0.25) is 0 Å². The van der Waals surface area contributed by atoms with E-state index < -0.39 is 12.1 Å². The van der Waals surface area contributed by atoms with Gasteiger partial charge in [0.05, 0.1) is 26.0 Å². The molecular weight excluding hydrogens is 296 g/mol. The van der Waals surface area contributed by atoms with Gasteiger partial charge in [0.15, 0.2) is 0 Å². The molecule has 2 rings (SSSR count). The van der Waals surface area contributed by atoms with Gasteiger partial charge in [-0.15, -0.1) is 0 Å². The molecule has 2 amide bonds. The Bertz CT molecular complexity index is 646. The molecule has 0 saturated heterocycles. The predicted octanol–water partition coefficient (Wildman–Crippen LogP) is 2.56. The molecule has 0 aliphatic rings. The Kier molecular flexibility index (Phi) is 5.82. The Hall–Kier alpha value is -2.73. The Morgan fingerprint density at radius 2 is 1.87 bits per heavy atom.